The van der Waals surface area contributed by atoms with E-state index in [-0.39, 0.29) is 5.69 Å². The van der Waals surface area contributed by atoms with Crippen LogP contribution in [0.4, 0.5) is 11.4 Å². The first kappa shape index (κ1) is 14.8. The fraction of sp³-hybridized carbons (Fsp3) is 0.0714. The predicted octanol–water partition coefficient (Wildman–Crippen LogP) is 2.11. The van der Waals surface area contributed by atoms with Gasteiger partial charge in [0.15, 0.2) is 6.61 Å². The highest BCUT2D eigenvalue weighted by molar-refractivity contribution is 6.33. The quantitative estimate of drug-likeness (QED) is 0.844. The molecule has 2 rings (SSSR count). The van der Waals surface area contributed by atoms with Gasteiger partial charge >= 0.3 is 5.97 Å². The van der Waals surface area contributed by atoms with Gasteiger partial charge < -0.3 is 15.8 Å². The molecule has 1 heterocycles. The summed E-state index contributed by atoms with van der Waals surface area (Å²) in [7, 11) is 0. The van der Waals surface area contributed by atoms with E-state index in [1.54, 1.807) is 24.3 Å². The Labute approximate surface area is 125 Å². The largest absolute Gasteiger partial charge is 0.451 e. The third kappa shape index (κ3) is 4.19. The van der Waals surface area contributed by atoms with Crippen LogP contribution in [0.2, 0.25) is 5.02 Å². The first-order valence-electron chi connectivity index (χ1n) is 5.99. The number of hydrogen-bond acceptors (Lipinski definition) is 5. The van der Waals surface area contributed by atoms with Crippen molar-refractivity contribution in [2.75, 3.05) is 17.7 Å². The van der Waals surface area contributed by atoms with Gasteiger partial charge in [0.1, 0.15) is 5.69 Å². The zero-order chi connectivity index (χ0) is 15.2. The third-order valence-electron chi connectivity index (χ3n) is 2.48. The van der Waals surface area contributed by atoms with Crippen LogP contribution >= 0.6 is 11.6 Å². The number of esters is 1. The van der Waals surface area contributed by atoms with Gasteiger partial charge in [0.2, 0.25) is 0 Å². The predicted molar refractivity (Wildman–Crippen MR) is 79.0 cm³/mol. The molecule has 1 aromatic carbocycles. The van der Waals surface area contributed by atoms with Gasteiger partial charge in [-0.25, -0.2) is 9.78 Å². The lowest BCUT2D eigenvalue weighted by molar-refractivity contribution is -0.119. The summed E-state index contributed by atoms with van der Waals surface area (Å²) in [4.78, 5) is 27.1. The first-order valence-corrected chi connectivity index (χ1v) is 6.37. The molecule has 0 aliphatic rings. The zero-order valence-electron chi connectivity index (χ0n) is 10.9. The zero-order valence-corrected chi connectivity index (χ0v) is 11.6. The smallest absolute Gasteiger partial charge is 0.357 e. The van der Waals surface area contributed by atoms with Crippen molar-refractivity contribution < 1.29 is 14.3 Å². The second-order valence-corrected chi connectivity index (χ2v) is 4.49. The maximum Gasteiger partial charge on any atom is 0.357 e. The maximum atomic E-state index is 11.7. The van der Waals surface area contributed by atoms with E-state index in [1.807, 2.05) is 0 Å². The Morgan fingerprint density at radius 3 is 2.67 bits per heavy atom. The number of para-hydroxylation sites is 1. The van der Waals surface area contributed by atoms with E-state index in [2.05, 4.69) is 10.3 Å². The molecule has 0 fully saturated rings. The molecule has 0 atom stereocenters. The molecular weight excluding hydrogens is 294 g/mol. The van der Waals surface area contributed by atoms with E-state index in [0.29, 0.717) is 16.4 Å². The van der Waals surface area contributed by atoms with E-state index in [9.17, 15) is 9.59 Å². The van der Waals surface area contributed by atoms with Crippen LogP contribution in [-0.2, 0) is 9.53 Å². The van der Waals surface area contributed by atoms with Crippen molar-refractivity contribution in [2.45, 2.75) is 0 Å². The molecule has 0 saturated carbocycles. The van der Waals surface area contributed by atoms with Gasteiger partial charge in [-0.05, 0) is 24.3 Å². The van der Waals surface area contributed by atoms with E-state index >= 15 is 0 Å². The highest BCUT2D eigenvalue weighted by atomic mass is 35.5. The number of pyridine rings is 1. The van der Waals surface area contributed by atoms with Gasteiger partial charge in [0.25, 0.3) is 5.91 Å². The number of amides is 1. The molecule has 6 nitrogen and oxygen atoms in total. The highest BCUT2D eigenvalue weighted by Crippen LogP contribution is 2.20. The molecule has 1 aromatic heterocycles. The summed E-state index contributed by atoms with van der Waals surface area (Å²) in [6.07, 6.45) is 1.33. The highest BCUT2D eigenvalue weighted by Gasteiger charge is 2.12. The number of rotatable bonds is 4. The number of halogens is 1. The summed E-state index contributed by atoms with van der Waals surface area (Å²) in [6, 6.07) is 9.69. The van der Waals surface area contributed by atoms with Gasteiger partial charge in [-0.2, -0.15) is 0 Å². The standard InChI is InChI=1S/C14H12ClN3O3/c15-10-3-1-2-4-11(10)18-13(19)8-21-14(20)12-6-5-9(16)7-17-12/h1-7H,8,16H2,(H,18,19). The Kier molecular flexibility index (Phi) is 4.73. The molecular formula is C14H12ClN3O3. The van der Waals surface area contributed by atoms with Crippen molar-refractivity contribution in [1.29, 1.82) is 0 Å². The van der Waals surface area contributed by atoms with Crippen LogP contribution in [0.25, 0.3) is 0 Å². The van der Waals surface area contributed by atoms with Gasteiger partial charge in [0.05, 0.1) is 22.6 Å². The fourth-order valence-corrected chi connectivity index (χ4v) is 1.66. The van der Waals surface area contributed by atoms with Crippen molar-refractivity contribution in [3.05, 3.63) is 53.3 Å². The van der Waals surface area contributed by atoms with Crippen molar-refractivity contribution >= 4 is 34.9 Å². The SMILES string of the molecule is Nc1ccc(C(=O)OCC(=O)Nc2ccccc2Cl)nc1. The molecule has 0 aliphatic heterocycles. The molecule has 3 N–H and O–H groups in total. The van der Waals surface area contributed by atoms with Gasteiger partial charge in [-0.3, -0.25) is 4.79 Å². The Morgan fingerprint density at radius 2 is 2.00 bits per heavy atom. The molecule has 0 radical (unpaired) electrons. The number of carbonyl (C=O) groups excluding carboxylic acids is 2. The minimum Gasteiger partial charge on any atom is -0.451 e. The van der Waals surface area contributed by atoms with Crippen LogP contribution in [-0.4, -0.2) is 23.5 Å². The summed E-state index contributed by atoms with van der Waals surface area (Å²) >= 11 is 5.90. The lowest BCUT2D eigenvalue weighted by Crippen LogP contribution is -2.21. The number of benzene rings is 1. The molecule has 0 unspecified atom stereocenters. The minimum atomic E-state index is -0.704. The molecule has 0 spiro atoms. The first-order chi connectivity index (χ1) is 10.1. The molecule has 0 bridgehead atoms. The summed E-state index contributed by atoms with van der Waals surface area (Å²) in [5, 5.41) is 2.94. The average molecular weight is 306 g/mol. The Balaban J connectivity index is 1.88. The maximum absolute atomic E-state index is 11.7. The fourth-order valence-electron chi connectivity index (χ4n) is 1.48. The van der Waals surface area contributed by atoms with Crippen LogP contribution in [0, 0.1) is 0 Å². The number of aromatic nitrogens is 1. The minimum absolute atomic E-state index is 0.0785. The van der Waals surface area contributed by atoms with Gasteiger partial charge in [0, 0.05) is 0 Å². The number of nitrogens with zero attached hydrogens (tertiary/aromatic N) is 1. The van der Waals surface area contributed by atoms with Crippen LogP contribution in [0.1, 0.15) is 10.5 Å². The number of hydrogen-bond donors (Lipinski definition) is 2. The van der Waals surface area contributed by atoms with Crippen molar-refractivity contribution in [3.8, 4) is 0 Å². The van der Waals surface area contributed by atoms with E-state index in [1.165, 1.54) is 18.3 Å². The molecule has 108 valence electrons. The molecule has 2 aromatic rings. The monoisotopic (exact) mass is 305 g/mol. The average Bonchev–Trinajstić information content (AvgIpc) is 2.48. The molecule has 0 aliphatic carbocycles. The van der Waals surface area contributed by atoms with Gasteiger partial charge in [-0.15, -0.1) is 0 Å². The summed E-state index contributed by atoms with van der Waals surface area (Å²) in [5.74, 6) is -1.20. The normalized spacial score (nSPS) is 9.95. The second kappa shape index (κ2) is 6.71. The van der Waals surface area contributed by atoms with Crippen molar-refractivity contribution in [3.63, 3.8) is 0 Å². The van der Waals surface area contributed by atoms with Crippen LogP contribution < -0.4 is 11.1 Å². The van der Waals surface area contributed by atoms with Crippen molar-refractivity contribution in [2.24, 2.45) is 0 Å². The van der Waals surface area contributed by atoms with E-state index < -0.39 is 18.5 Å². The second-order valence-electron chi connectivity index (χ2n) is 4.08. The number of anilines is 2. The number of ether oxygens (including phenoxy) is 1. The Hall–Kier alpha value is -2.60. The van der Waals surface area contributed by atoms with Crippen LogP contribution in [0.15, 0.2) is 42.6 Å². The lowest BCUT2D eigenvalue weighted by atomic mass is 10.3. The summed E-state index contributed by atoms with van der Waals surface area (Å²) in [5.41, 5.74) is 6.42. The van der Waals surface area contributed by atoms with Crippen LogP contribution in [0.5, 0.6) is 0 Å². The van der Waals surface area contributed by atoms with E-state index in [4.69, 9.17) is 22.1 Å². The molecule has 21 heavy (non-hydrogen) atoms. The topological polar surface area (TPSA) is 94.3 Å². The summed E-state index contributed by atoms with van der Waals surface area (Å²) in [6.45, 7) is -0.434. The number of carbonyl (C=O) groups is 2. The Bertz CT molecular complexity index is 659. The summed E-state index contributed by atoms with van der Waals surface area (Å²) < 4.78 is 4.84. The van der Waals surface area contributed by atoms with Gasteiger partial charge in [-0.1, -0.05) is 23.7 Å². The molecule has 7 heteroatoms. The third-order valence-corrected chi connectivity index (χ3v) is 2.81. The molecule has 1 amide bonds. The number of nitrogens with one attached hydrogen (secondary N) is 1. The molecule has 0 saturated heterocycles. The van der Waals surface area contributed by atoms with Crippen molar-refractivity contribution in [1.82, 2.24) is 4.98 Å². The van der Waals surface area contributed by atoms with E-state index in [0.717, 1.165) is 0 Å². The Morgan fingerprint density at radius 1 is 1.24 bits per heavy atom. The van der Waals surface area contributed by atoms with Crippen LogP contribution in [0.3, 0.4) is 0 Å². The number of nitrogen functional groups attached to an aromatic ring is 1. The lowest BCUT2D eigenvalue weighted by Gasteiger charge is -2.07. The number of nitrogens with two attached hydrogens (primary N) is 1.